The molecule has 0 spiro atoms. The van der Waals surface area contributed by atoms with Crippen LogP contribution in [-0.4, -0.2) is 24.6 Å². The second-order valence-corrected chi connectivity index (χ2v) is 5.82. The Labute approximate surface area is 123 Å². The first-order valence-electron chi connectivity index (χ1n) is 7.25. The average molecular weight is 280 g/mol. The molecule has 2 aliphatic heterocycles. The second kappa shape index (κ2) is 4.94. The Balaban J connectivity index is 1.58. The van der Waals surface area contributed by atoms with Gasteiger partial charge in [-0.1, -0.05) is 0 Å². The van der Waals surface area contributed by atoms with Crippen LogP contribution >= 0.6 is 0 Å². The smallest absolute Gasteiger partial charge is 0.122 e. The van der Waals surface area contributed by atoms with Gasteiger partial charge in [-0.2, -0.15) is 5.26 Å². The number of ether oxygens (including phenoxy) is 1. The molecule has 21 heavy (non-hydrogen) atoms. The van der Waals surface area contributed by atoms with Crippen LogP contribution in [0.2, 0.25) is 0 Å². The minimum atomic E-state index is 0.456. The lowest BCUT2D eigenvalue weighted by molar-refractivity contribution is 0.210. The van der Waals surface area contributed by atoms with E-state index >= 15 is 0 Å². The molecule has 2 aromatic rings. The van der Waals surface area contributed by atoms with Crippen LogP contribution in [0.25, 0.3) is 0 Å². The fraction of sp³-hybridized carbons (Fsp3) is 0.353. The molecule has 0 saturated carbocycles. The minimum Gasteiger partial charge on any atom is -0.493 e. The Bertz CT molecular complexity index is 687. The maximum Gasteiger partial charge on any atom is 0.122 e. The number of nitriles is 1. The number of benzene rings is 1. The third-order valence-corrected chi connectivity index (χ3v) is 4.47. The third kappa shape index (κ3) is 2.20. The van der Waals surface area contributed by atoms with E-state index in [1.165, 1.54) is 5.56 Å². The Morgan fingerprint density at radius 3 is 3.05 bits per heavy atom. The molecule has 4 rings (SSSR count). The van der Waals surface area contributed by atoms with Crippen molar-refractivity contribution in [3.05, 3.63) is 53.5 Å². The summed E-state index contributed by atoms with van der Waals surface area (Å²) in [6.45, 7) is 3.61. The predicted octanol–water partition coefficient (Wildman–Crippen LogP) is 2.76. The summed E-state index contributed by atoms with van der Waals surface area (Å²) in [5, 5.41) is 9.09. The SMILES string of the molecule is N#Cc1ccc2c(c1)[C@H]1CN(Cc3ccco3)C[C@@H]1CO2. The number of likely N-dealkylation sites (tertiary alicyclic amines) is 1. The highest BCUT2D eigenvalue weighted by Crippen LogP contribution is 2.42. The van der Waals surface area contributed by atoms with Crippen molar-refractivity contribution in [1.29, 1.82) is 5.26 Å². The van der Waals surface area contributed by atoms with Crippen molar-refractivity contribution < 1.29 is 9.15 Å². The highest BCUT2D eigenvalue weighted by atomic mass is 16.5. The van der Waals surface area contributed by atoms with Crippen molar-refractivity contribution in [2.75, 3.05) is 19.7 Å². The lowest BCUT2D eigenvalue weighted by Crippen LogP contribution is -2.25. The van der Waals surface area contributed by atoms with Gasteiger partial charge >= 0.3 is 0 Å². The van der Waals surface area contributed by atoms with E-state index in [4.69, 9.17) is 14.4 Å². The van der Waals surface area contributed by atoms with Crippen LogP contribution in [0.1, 0.15) is 22.8 Å². The van der Waals surface area contributed by atoms with Crippen LogP contribution in [-0.2, 0) is 6.54 Å². The summed E-state index contributed by atoms with van der Waals surface area (Å²) < 4.78 is 11.3. The van der Waals surface area contributed by atoms with Gasteiger partial charge < -0.3 is 9.15 Å². The standard InChI is InChI=1S/C17H16N2O2/c18-7-12-3-4-17-15(6-12)16-10-19(8-13(16)11-21-17)9-14-2-1-5-20-14/h1-6,13,16H,8-11H2/t13-,16+/m1/s1. The molecule has 0 amide bonds. The Morgan fingerprint density at radius 2 is 2.24 bits per heavy atom. The number of furan rings is 1. The highest BCUT2D eigenvalue weighted by molar-refractivity contribution is 5.46. The van der Waals surface area contributed by atoms with Crippen LogP contribution in [0.5, 0.6) is 5.75 Å². The van der Waals surface area contributed by atoms with Gasteiger partial charge in [-0.3, -0.25) is 4.90 Å². The van der Waals surface area contributed by atoms with Crippen LogP contribution < -0.4 is 4.74 Å². The minimum absolute atomic E-state index is 0.456. The van der Waals surface area contributed by atoms with Gasteiger partial charge in [-0.15, -0.1) is 0 Å². The van der Waals surface area contributed by atoms with Crippen molar-refractivity contribution in [2.24, 2.45) is 5.92 Å². The number of hydrogen-bond acceptors (Lipinski definition) is 4. The molecule has 4 heteroatoms. The van der Waals surface area contributed by atoms with Crippen LogP contribution in [0, 0.1) is 17.2 Å². The summed E-state index contributed by atoms with van der Waals surface area (Å²) in [7, 11) is 0. The van der Waals surface area contributed by atoms with Crippen LogP contribution in [0.4, 0.5) is 0 Å². The van der Waals surface area contributed by atoms with E-state index in [2.05, 4.69) is 11.0 Å². The zero-order chi connectivity index (χ0) is 14.2. The van der Waals surface area contributed by atoms with Gasteiger partial charge in [0.15, 0.2) is 0 Å². The summed E-state index contributed by atoms with van der Waals surface area (Å²) >= 11 is 0. The molecular formula is C17H16N2O2. The topological polar surface area (TPSA) is 49.4 Å². The summed E-state index contributed by atoms with van der Waals surface area (Å²) in [6.07, 6.45) is 1.72. The molecule has 2 atom stereocenters. The van der Waals surface area contributed by atoms with Gasteiger partial charge in [-0.05, 0) is 30.3 Å². The van der Waals surface area contributed by atoms with E-state index in [9.17, 15) is 0 Å². The first-order valence-corrected chi connectivity index (χ1v) is 7.25. The summed E-state index contributed by atoms with van der Waals surface area (Å²) in [4.78, 5) is 2.41. The summed E-state index contributed by atoms with van der Waals surface area (Å²) in [6, 6.07) is 11.9. The third-order valence-electron chi connectivity index (χ3n) is 4.47. The molecule has 106 valence electrons. The van der Waals surface area contributed by atoms with Gasteiger partial charge in [0, 0.05) is 30.5 Å². The predicted molar refractivity (Wildman–Crippen MR) is 76.9 cm³/mol. The Kier molecular flexibility index (Phi) is 2.94. The van der Waals surface area contributed by atoms with Crippen molar-refractivity contribution in [1.82, 2.24) is 4.90 Å². The molecule has 0 bridgehead atoms. The molecule has 0 unspecified atom stereocenters. The molecule has 1 aromatic heterocycles. The number of hydrogen-bond donors (Lipinski definition) is 0. The van der Waals surface area contributed by atoms with E-state index in [1.807, 2.05) is 30.3 Å². The largest absolute Gasteiger partial charge is 0.493 e. The Hall–Kier alpha value is -2.25. The Morgan fingerprint density at radius 1 is 1.29 bits per heavy atom. The first kappa shape index (κ1) is 12.5. The number of fused-ring (bicyclic) bond motifs is 3. The lowest BCUT2D eigenvalue weighted by atomic mass is 9.86. The van der Waals surface area contributed by atoms with Gasteiger partial charge in [-0.25, -0.2) is 0 Å². The molecule has 2 aliphatic rings. The highest BCUT2D eigenvalue weighted by Gasteiger charge is 2.38. The molecular weight excluding hydrogens is 264 g/mol. The van der Waals surface area contributed by atoms with E-state index < -0.39 is 0 Å². The molecule has 0 N–H and O–H groups in total. The monoisotopic (exact) mass is 280 g/mol. The quantitative estimate of drug-likeness (QED) is 0.848. The molecule has 0 radical (unpaired) electrons. The van der Waals surface area contributed by atoms with E-state index in [1.54, 1.807) is 6.26 Å². The fourth-order valence-electron chi connectivity index (χ4n) is 3.47. The van der Waals surface area contributed by atoms with Crippen LogP contribution in [0.15, 0.2) is 41.0 Å². The van der Waals surface area contributed by atoms with Crippen LogP contribution in [0.3, 0.4) is 0 Å². The first-order chi connectivity index (χ1) is 10.3. The molecule has 4 nitrogen and oxygen atoms in total. The van der Waals surface area contributed by atoms with Gasteiger partial charge in [0.25, 0.3) is 0 Å². The van der Waals surface area contributed by atoms with E-state index in [0.717, 1.165) is 37.8 Å². The normalized spacial score (nSPS) is 24.0. The van der Waals surface area contributed by atoms with Crippen molar-refractivity contribution in [3.8, 4) is 11.8 Å². The van der Waals surface area contributed by atoms with Gasteiger partial charge in [0.2, 0.25) is 0 Å². The summed E-state index contributed by atoms with van der Waals surface area (Å²) in [5.41, 5.74) is 1.90. The molecule has 0 aliphatic carbocycles. The number of nitrogens with zero attached hydrogens (tertiary/aromatic N) is 2. The maximum atomic E-state index is 9.09. The van der Waals surface area contributed by atoms with Gasteiger partial charge in [0.1, 0.15) is 11.5 Å². The van der Waals surface area contributed by atoms with Crippen molar-refractivity contribution >= 4 is 0 Å². The molecule has 1 aromatic carbocycles. The maximum absolute atomic E-state index is 9.09. The zero-order valence-corrected chi connectivity index (χ0v) is 11.7. The molecule has 1 fully saturated rings. The van der Waals surface area contributed by atoms with Gasteiger partial charge in [0.05, 0.1) is 31.0 Å². The van der Waals surface area contributed by atoms with Crippen molar-refractivity contribution in [3.63, 3.8) is 0 Å². The van der Waals surface area contributed by atoms with E-state index in [0.29, 0.717) is 17.4 Å². The second-order valence-electron chi connectivity index (χ2n) is 5.82. The van der Waals surface area contributed by atoms with E-state index in [-0.39, 0.29) is 0 Å². The summed E-state index contributed by atoms with van der Waals surface area (Å²) in [5.74, 6) is 2.90. The lowest BCUT2D eigenvalue weighted by Gasteiger charge is -2.27. The zero-order valence-electron chi connectivity index (χ0n) is 11.7. The fourth-order valence-corrected chi connectivity index (χ4v) is 3.47. The molecule has 3 heterocycles. The number of rotatable bonds is 2. The molecule has 1 saturated heterocycles. The average Bonchev–Trinajstić information content (AvgIpc) is 3.16. The van der Waals surface area contributed by atoms with Crippen molar-refractivity contribution in [2.45, 2.75) is 12.5 Å².